The van der Waals surface area contributed by atoms with Gasteiger partial charge in [-0.15, -0.1) is 0 Å². The minimum Gasteiger partial charge on any atom is -0.299 e. The molecule has 0 aliphatic carbocycles. The van der Waals surface area contributed by atoms with E-state index < -0.39 is 10.0 Å². The summed E-state index contributed by atoms with van der Waals surface area (Å²) in [6.45, 7) is 5.56. The average molecular weight is 310 g/mol. The van der Waals surface area contributed by atoms with E-state index in [-0.39, 0.29) is 5.75 Å². The summed E-state index contributed by atoms with van der Waals surface area (Å²) in [4.78, 5) is 2.42. The van der Waals surface area contributed by atoms with Crippen LogP contribution in [0.15, 0.2) is 30.3 Å². The van der Waals surface area contributed by atoms with Crippen molar-refractivity contribution in [1.29, 1.82) is 0 Å². The van der Waals surface area contributed by atoms with E-state index in [2.05, 4.69) is 29.2 Å². The lowest BCUT2D eigenvalue weighted by Crippen LogP contribution is -2.34. The second kappa shape index (κ2) is 7.38. The van der Waals surface area contributed by atoms with Gasteiger partial charge in [0.2, 0.25) is 10.0 Å². The highest BCUT2D eigenvalue weighted by atomic mass is 32.2. The largest absolute Gasteiger partial charge is 0.299 e. The summed E-state index contributed by atoms with van der Waals surface area (Å²) >= 11 is 0. The van der Waals surface area contributed by atoms with E-state index in [1.165, 1.54) is 5.56 Å². The molecule has 118 valence electrons. The molecule has 0 saturated carbocycles. The van der Waals surface area contributed by atoms with Gasteiger partial charge in [-0.1, -0.05) is 37.3 Å². The maximum Gasteiger partial charge on any atom is 0.213 e. The first-order valence-electron chi connectivity index (χ1n) is 7.71. The summed E-state index contributed by atoms with van der Waals surface area (Å²) in [5.41, 5.74) is 1.32. The van der Waals surface area contributed by atoms with Crippen molar-refractivity contribution >= 4 is 10.0 Å². The average Bonchev–Trinajstić information content (AvgIpc) is 2.87. The lowest BCUT2D eigenvalue weighted by Gasteiger charge is -2.21. The smallest absolute Gasteiger partial charge is 0.213 e. The van der Waals surface area contributed by atoms with Crippen molar-refractivity contribution in [2.45, 2.75) is 26.3 Å². The van der Waals surface area contributed by atoms with Gasteiger partial charge in [-0.2, -0.15) is 0 Å². The van der Waals surface area contributed by atoms with Gasteiger partial charge < -0.3 is 0 Å². The molecule has 1 atom stereocenters. The van der Waals surface area contributed by atoms with Crippen molar-refractivity contribution in [3.05, 3.63) is 35.9 Å². The number of rotatable bonds is 7. The monoisotopic (exact) mass is 310 g/mol. The lowest BCUT2D eigenvalue weighted by molar-refractivity contribution is 0.304. The Labute approximate surface area is 128 Å². The van der Waals surface area contributed by atoms with Crippen molar-refractivity contribution in [3.8, 4) is 0 Å². The topological polar surface area (TPSA) is 40.6 Å². The van der Waals surface area contributed by atoms with E-state index in [1.807, 2.05) is 13.0 Å². The van der Waals surface area contributed by atoms with Crippen molar-refractivity contribution in [1.82, 2.24) is 9.21 Å². The van der Waals surface area contributed by atoms with Crippen LogP contribution in [0, 0.1) is 5.92 Å². The molecule has 0 spiro atoms. The number of hydrogen-bond donors (Lipinski definition) is 0. The fourth-order valence-corrected chi connectivity index (χ4v) is 4.20. The minimum atomic E-state index is -3.06. The minimum absolute atomic E-state index is 0.254. The fraction of sp³-hybridized carbons (Fsp3) is 0.625. The molecule has 0 amide bonds. The molecule has 1 aliphatic heterocycles. The van der Waals surface area contributed by atoms with E-state index in [0.717, 1.165) is 26.1 Å². The molecule has 0 bridgehead atoms. The first-order chi connectivity index (χ1) is 10.0. The summed E-state index contributed by atoms with van der Waals surface area (Å²) in [5, 5.41) is 0. The Morgan fingerprint density at radius 1 is 1.29 bits per heavy atom. The van der Waals surface area contributed by atoms with Gasteiger partial charge in [-0.3, -0.25) is 4.90 Å². The molecule has 1 aliphatic rings. The first-order valence-corrected chi connectivity index (χ1v) is 9.32. The maximum absolute atomic E-state index is 12.0. The second-order valence-corrected chi connectivity index (χ2v) is 8.17. The molecule has 2 rings (SSSR count). The zero-order valence-corrected chi connectivity index (χ0v) is 13.8. The van der Waals surface area contributed by atoms with E-state index >= 15 is 0 Å². The summed E-state index contributed by atoms with van der Waals surface area (Å²) in [6, 6.07) is 10.4. The van der Waals surface area contributed by atoms with Crippen molar-refractivity contribution in [2.75, 3.05) is 32.4 Å². The third-order valence-electron chi connectivity index (χ3n) is 4.07. The summed E-state index contributed by atoms with van der Waals surface area (Å²) in [5.74, 6) is 0.703. The van der Waals surface area contributed by atoms with Gasteiger partial charge in [-0.25, -0.2) is 12.7 Å². The number of likely N-dealkylation sites (tertiary alicyclic amines) is 1. The van der Waals surface area contributed by atoms with Crippen LogP contribution in [0.3, 0.4) is 0 Å². The molecule has 0 unspecified atom stereocenters. The van der Waals surface area contributed by atoms with Crippen LogP contribution in [0.25, 0.3) is 0 Å². The highest BCUT2D eigenvalue weighted by Crippen LogP contribution is 2.20. The maximum atomic E-state index is 12.0. The first kappa shape index (κ1) is 16.5. The van der Waals surface area contributed by atoms with Crippen LogP contribution in [-0.4, -0.2) is 50.1 Å². The highest BCUT2D eigenvalue weighted by molar-refractivity contribution is 7.89. The Kier molecular flexibility index (Phi) is 5.79. The second-order valence-electron chi connectivity index (χ2n) is 5.97. The van der Waals surface area contributed by atoms with Crippen LogP contribution in [-0.2, 0) is 16.6 Å². The SMILES string of the molecule is CCCS(=O)(=O)N(C)C[C@H]1CCN(Cc2ccccc2)C1. The molecule has 1 aromatic carbocycles. The highest BCUT2D eigenvalue weighted by Gasteiger charge is 2.26. The van der Waals surface area contributed by atoms with Crippen LogP contribution in [0.5, 0.6) is 0 Å². The lowest BCUT2D eigenvalue weighted by atomic mass is 10.1. The van der Waals surface area contributed by atoms with E-state index in [4.69, 9.17) is 0 Å². The van der Waals surface area contributed by atoms with Crippen LogP contribution in [0.2, 0.25) is 0 Å². The summed E-state index contributed by atoms with van der Waals surface area (Å²) < 4.78 is 25.6. The standard InChI is InChI=1S/C16H26N2O2S/c1-3-11-21(19,20)17(2)12-16-9-10-18(14-16)13-15-7-5-4-6-8-15/h4-8,16H,3,9-14H2,1-2H3/t16-/m1/s1. The van der Waals surface area contributed by atoms with Crippen molar-refractivity contribution < 1.29 is 8.42 Å². The number of benzene rings is 1. The summed E-state index contributed by atoms with van der Waals surface area (Å²) in [7, 11) is -1.35. The Hall–Kier alpha value is -0.910. The van der Waals surface area contributed by atoms with E-state index in [0.29, 0.717) is 18.9 Å². The van der Waals surface area contributed by atoms with Crippen LogP contribution < -0.4 is 0 Å². The molecule has 0 N–H and O–H groups in total. The third-order valence-corrected chi connectivity index (χ3v) is 6.09. The molecule has 1 fully saturated rings. The van der Waals surface area contributed by atoms with Crippen LogP contribution in [0.4, 0.5) is 0 Å². The van der Waals surface area contributed by atoms with Crippen molar-refractivity contribution in [2.24, 2.45) is 5.92 Å². The van der Waals surface area contributed by atoms with Gasteiger partial charge in [0.05, 0.1) is 5.75 Å². The predicted molar refractivity (Wildman–Crippen MR) is 86.5 cm³/mol. The van der Waals surface area contributed by atoms with Gasteiger partial charge in [-0.05, 0) is 30.9 Å². The molecular weight excluding hydrogens is 284 g/mol. The fourth-order valence-electron chi connectivity index (χ4n) is 2.94. The zero-order valence-electron chi connectivity index (χ0n) is 13.0. The molecule has 1 heterocycles. The van der Waals surface area contributed by atoms with Gasteiger partial charge >= 0.3 is 0 Å². The van der Waals surface area contributed by atoms with E-state index in [9.17, 15) is 8.42 Å². The Morgan fingerprint density at radius 3 is 2.67 bits per heavy atom. The normalized spacial score (nSPS) is 20.2. The zero-order chi connectivity index (χ0) is 15.3. The molecule has 5 heteroatoms. The van der Waals surface area contributed by atoms with Crippen LogP contribution in [0.1, 0.15) is 25.3 Å². The molecule has 0 radical (unpaired) electrons. The van der Waals surface area contributed by atoms with E-state index in [1.54, 1.807) is 11.4 Å². The molecule has 0 aromatic heterocycles. The molecule has 1 saturated heterocycles. The number of nitrogens with zero attached hydrogens (tertiary/aromatic N) is 2. The summed E-state index contributed by atoms with van der Waals surface area (Å²) in [6.07, 6.45) is 1.76. The van der Waals surface area contributed by atoms with Gasteiger partial charge in [0, 0.05) is 26.7 Å². The van der Waals surface area contributed by atoms with Crippen molar-refractivity contribution in [3.63, 3.8) is 0 Å². The van der Waals surface area contributed by atoms with Gasteiger partial charge in [0.15, 0.2) is 0 Å². The molecular formula is C16H26N2O2S. The van der Waals surface area contributed by atoms with Gasteiger partial charge in [0.25, 0.3) is 0 Å². The number of hydrogen-bond acceptors (Lipinski definition) is 3. The number of sulfonamides is 1. The van der Waals surface area contributed by atoms with Gasteiger partial charge in [0.1, 0.15) is 0 Å². The predicted octanol–water partition coefficient (Wildman–Crippen LogP) is 2.18. The molecule has 4 nitrogen and oxygen atoms in total. The Morgan fingerprint density at radius 2 is 2.00 bits per heavy atom. The Balaban J connectivity index is 1.83. The quantitative estimate of drug-likeness (QED) is 0.775. The van der Waals surface area contributed by atoms with Crippen LogP contribution >= 0.6 is 0 Å². The molecule has 21 heavy (non-hydrogen) atoms. The molecule has 1 aromatic rings. The Bertz CT molecular complexity index is 530. The third kappa shape index (κ3) is 4.80.